The minimum Gasteiger partial charge on any atom is -0.328 e. The van der Waals surface area contributed by atoms with Crippen molar-refractivity contribution in [2.45, 2.75) is 38.4 Å². The van der Waals surface area contributed by atoms with Gasteiger partial charge in [0.05, 0.1) is 16.1 Å². The fourth-order valence-electron chi connectivity index (χ4n) is 3.69. The summed E-state index contributed by atoms with van der Waals surface area (Å²) < 4.78 is 1.57. The average Bonchev–Trinajstić information content (AvgIpc) is 3.20. The second-order valence-corrected chi connectivity index (χ2v) is 8.78. The van der Waals surface area contributed by atoms with Gasteiger partial charge in [0, 0.05) is 23.2 Å². The lowest BCUT2D eigenvalue weighted by Gasteiger charge is -2.28. The summed E-state index contributed by atoms with van der Waals surface area (Å²) >= 11 is 1.50. The van der Waals surface area contributed by atoms with Crippen LogP contribution in [0.1, 0.15) is 37.4 Å². The molecule has 1 unspecified atom stereocenters. The van der Waals surface area contributed by atoms with E-state index in [9.17, 15) is 14.9 Å². The summed E-state index contributed by atoms with van der Waals surface area (Å²) in [7, 11) is 0. The molecule has 2 aromatic carbocycles. The number of fused-ring (bicyclic) bond motifs is 1. The number of nitrogens with one attached hydrogen (secondary N) is 2. The molecule has 0 spiro atoms. The Morgan fingerprint density at radius 3 is 2.64 bits per heavy atom. The Balaban J connectivity index is 1.81. The van der Waals surface area contributed by atoms with Gasteiger partial charge in [-0.2, -0.15) is 4.98 Å². The Bertz CT molecular complexity index is 1240. The Labute approximate surface area is 195 Å². The van der Waals surface area contributed by atoms with E-state index in [-0.39, 0.29) is 11.6 Å². The van der Waals surface area contributed by atoms with Crippen molar-refractivity contribution in [3.05, 3.63) is 81.0 Å². The van der Waals surface area contributed by atoms with Crippen molar-refractivity contribution in [1.29, 1.82) is 0 Å². The summed E-state index contributed by atoms with van der Waals surface area (Å²) in [5, 5.41) is 23.1. The molecule has 0 saturated heterocycles. The predicted molar refractivity (Wildman–Crippen MR) is 128 cm³/mol. The molecule has 1 aliphatic rings. The number of para-hydroxylation sites is 1. The van der Waals surface area contributed by atoms with E-state index in [0.29, 0.717) is 33.6 Å². The third-order valence-electron chi connectivity index (χ3n) is 5.25. The number of rotatable bonds is 7. The molecule has 1 atom stereocenters. The van der Waals surface area contributed by atoms with Gasteiger partial charge >= 0.3 is 0 Å². The third kappa shape index (κ3) is 4.61. The molecule has 1 amide bonds. The number of hydrogen-bond acceptors (Lipinski definition) is 7. The van der Waals surface area contributed by atoms with Gasteiger partial charge in [-0.05, 0) is 38.5 Å². The van der Waals surface area contributed by atoms with E-state index in [1.165, 1.54) is 17.8 Å². The molecule has 170 valence electrons. The number of benzene rings is 2. The number of thioether (sulfide) groups is 1. The number of allylic oxidation sites excluding steroid dienone is 1. The van der Waals surface area contributed by atoms with E-state index in [1.54, 1.807) is 29.8 Å². The molecule has 0 fully saturated rings. The van der Waals surface area contributed by atoms with Crippen molar-refractivity contribution < 1.29 is 9.72 Å². The van der Waals surface area contributed by atoms with E-state index in [4.69, 9.17) is 0 Å². The lowest BCUT2D eigenvalue weighted by atomic mass is 9.93. The normalized spacial score (nSPS) is 15.1. The maximum atomic E-state index is 13.5. The molecule has 0 aliphatic carbocycles. The molecule has 0 radical (unpaired) electrons. The molecule has 4 rings (SSSR count). The Kier molecular flexibility index (Phi) is 6.45. The summed E-state index contributed by atoms with van der Waals surface area (Å²) in [6.07, 6.45) is 0.955. The number of aromatic nitrogens is 3. The van der Waals surface area contributed by atoms with Crippen LogP contribution in [0.3, 0.4) is 0 Å². The van der Waals surface area contributed by atoms with Crippen molar-refractivity contribution in [2.24, 2.45) is 0 Å². The van der Waals surface area contributed by atoms with Crippen molar-refractivity contribution in [3.8, 4) is 0 Å². The molecule has 33 heavy (non-hydrogen) atoms. The number of nitro benzene ring substituents is 1. The van der Waals surface area contributed by atoms with E-state index in [0.717, 1.165) is 17.7 Å². The molecular weight excluding hydrogens is 440 g/mol. The number of carbonyl (C=O) groups excluding carboxylic acids is 1. The molecule has 0 saturated carbocycles. The van der Waals surface area contributed by atoms with Crippen LogP contribution in [0.4, 0.5) is 17.3 Å². The highest BCUT2D eigenvalue weighted by atomic mass is 32.2. The van der Waals surface area contributed by atoms with Crippen LogP contribution in [-0.4, -0.2) is 31.3 Å². The fraction of sp³-hybridized carbons (Fsp3) is 0.261. The van der Waals surface area contributed by atoms with Gasteiger partial charge in [-0.25, -0.2) is 4.68 Å². The van der Waals surface area contributed by atoms with E-state index >= 15 is 0 Å². The lowest BCUT2D eigenvalue weighted by Crippen LogP contribution is -2.31. The first-order valence-electron chi connectivity index (χ1n) is 10.6. The Hall–Kier alpha value is -3.66. The van der Waals surface area contributed by atoms with Crippen molar-refractivity contribution in [3.63, 3.8) is 0 Å². The quantitative estimate of drug-likeness (QED) is 0.289. The lowest BCUT2D eigenvalue weighted by molar-refractivity contribution is -0.385. The zero-order chi connectivity index (χ0) is 23.5. The van der Waals surface area contributed by atoms with Gasteiger partial charge < -0.3 is 10.6 Å². The minimum absolute atomic E-state index is 0.0814. The third-order valence-corrected chi connectivity index (χ3v) is 6.29. The van der Waals surface area contributed by atoms with E-state index in [2.05, 4.69) is 27.6 Å². The smallest absolute Gasteiger partial charge is 0.275 e. The summed E-state index contributed by atoms with van der Waals surface area (Å²) in [5.41, 5.74) is 2.90. The first-order valence-corrected chi connectivity index (χ1v) is 11.6. The Morgan fingerprint density at radius 2 is 1.94 bits per heavy atom. The highest BCUT2D eigenvalue weighted by Crippen LogP contribution is 2.40. The topological polar surface area (TPSA) is 115 Å². The highest BCUT2D eigenvalue weighted by molar-refractivity contribution is 7.99. The molecular formula is C23H24N6O3S. The molecule has 9 nitrogen and oxygen atoms in total. The zero-order valence-electron chi connectivity index (χ0n) is 18.5. The predicted octanol–water partition coefficient (Wildman–Crippen LogP) is 4.92. The summed E-state index contributed by atoms with van der Waals surface area (Å²) in [5.74, 6) is 0.921. The van der Waals surface area contributed by atoms with Gasteiger partial charge in [-0.3, -0.25) is 14.9 Å². The number of amides is 1. The maximum Gasteiger partial charge on any atom is 0.275 e. The summed E-state index contributed by atoms with van der Waals surface area (Å²) in [4.78, 5) is 29.4. The van der Waals surface area contributed by atoms with Gasteiger partial charge in [0.2, 0.25) is 11.1 Å². The number of nitro groups is 1. The second-order valence-electron chi connectivity index (χ2n) is 7.71. The maximum absolute atomic E-state index is 13.5. The molecule has 3 aromatic rings. The summed E-state index contributed by atoms with van der Waals surface area (Å²) in [6, 6.07) is 13.1. The minimum atomic E-state index is -0.809. The molecule has 0 bridgehead atoms. The molecule has 2 N–H and O–H groups in total. The van der Waals surface area contributed by atoms with E-state index < -0.39 is 11.0 Å². The molecule has 1 aliphatic heterocycles. The van der Waals surface area contributed by atoms with Crippen LogP contribution in [0.15, 0.2) is 65.0 Å². The molecule has 1 aromatic heterocycles. The number of carbonyl (C=O) groups is 1. The van der Waals surface area contributed by atoms with Crippen molar-refractivity contribution in [2.75, 3.05) is 16.4 Å². The van der Waals surface area contributed by atoms with Crippen LogP contribution in [0.5, 0.6) is 0 Å². The van der Waals surface area contributed by atoms with E-state index in [1.807, 2.05) is 31.2 Å². The van der Waals surface area contributed by atoms with Gasteiger partial charge in [-0.15, -0.1) is 5.10 Å². The number of anilines is 2. The standard InChI is InChI=1S/C23H24N6O3S/c1-4-13-33-23-26-22-24-15(3)19(21(30)25-16-11-9-14(2)10-12-16)20(28(22)27-23)17-7-5-6-8-18(17)29(31)32/h5-12,20H,4,13H2,1-3H3,(H,25,30)(H,24,26,27). The summed E-state index contributed by atoms with van der Waals surface area (Å²) in [6.45, 7) is 5.80. The van der Waals surface area contributed by atoms with Crippen LogP contribution < -0.4 is 10.6 Å². The molecule has 2 heterocycles. The van der Waals surface area contributed by atoms with Crippen LogP contribution in [0, 0.1) is 17.0 Å². The monoisotopic (exact) mass is 464 g/mol. The van der Waals surface area contributed by atoms with Gasteiger partial charge in [0.1, 0.15) is 6.04 Å². The Morgan fingerprint density at radius 1 is 1.21 bits per heavy atom. The largest absolute Gasteiger partial charge is 0.328 e. The average molecular weight is 465 g/mol. The zero-order valence-corrected chi connectivity index (χ0v) is 19.3. The first kappa shape index (κ1) is 22.5. The highest BCUT2D eigenvalue weighted by Gasteiger charge is 2.37. The van der Waals surface area contributed by atoms with Gasteiger partial charge in [0.15, 0.2) is 0 Å². The van der Waals surface area contributed by atoms with Gasteiger partial charge in [-0.1, -0.05) is 48.5 Å². The number of hydrogen-bond donors (Lipinski definition) is 2. The van der Waals surface area contributed by atoms with Crippen LogP contribution in [0.2, 0.25) is 0 Å². The van der Waals surface area contributed by atoms with Crippen LogP contribution in [-0.2, 0) is 4.79 Å². The fourth-order valence-corrected chi connectivity index (χ4v) is 4.37. The van der Waals surface area contributed by atoms with Crippen molar-refractivity contribution >= 4 is 35.0 Å². The number of aryl methyl sites for hydroxylation is 1. The van der Waals surface area contributed by atoms with Crippen LogP contribution in [0.25, 0.3) is 0 Å². The second kappa shape index (κ2) is 9.45. The van der Waals surface area contributed by atoms with Gasteiger partial charge in [0.25, 0.3) is 11.6 Å². The first-order chi connectivity index (χ1) is 15.9. The SMILES string of the molecule is CCCSc1nc2n(n1)C(c1ccccc1[N+](=O)[O-])C(C(=O)Nc1ccc(C)cc1)=C(C)N2. The van der Waals surface area contributed by atoms with Crippen molar-refractivity contribution in [1.82, 2.24) is 14.8 Å². The number of nitrogens with zero attached hydrogens (tertiary/aromatic N) is 4. The molecule has 10 heteroatoms. The van der Waals surface area contributed by atoms with Crippen LogP contribution >= 0.6 is 11.8 Å².